The van der Waals surface area contributed by atoms with Gasteiger partial charge >= 0.3 is 6.03 Å². The van der Waals surface area contributed by atoms with Crippen molar-refractivity contribution in [2.24, 2.45) is 7.05 Å². The molecule has 0 aromatic carbocycles. The first-order valence-corrected chi connectivity index (χ1v) is 11.0. The molecule has 2 aliphatic heterocycles. The summed E-state index contributed by atoms with van der Waals surface area (Å²) in [7, 11) is 5.39. The van der Waals surface area contributed by atoms with E-state index in [0.29, 0.717) is 31.9 Å². The van der Waals surface area contributed by atoms with Crippen molar-refractivity contribution in [2.45, 2.75) is 51.6 Å². The Morgan fingerprint density at radius 2 is 1.84 bits per heavy atom. The second kappa shape index (κ2) is 7.69. The molecular weight excluding hydrogens is 394 g/mol. The predicted octanol–water partition coefficient (Wildman–Crippen LogP) is 2.18. The number of aryl methyl sites for hydroxylation is 2. The lowest BCUT2D eigenvalue weighted by molar-refractivity contribution is 0.0568. The van der Waals surface area contributed by atoms with Crippen LogP contribution in [0.3, 0.4) is 0 Å². The standard InChI is InChI=1S/C22H33N7O2/c1-15(2)29-16(3)23-19-18(29)13-28(20(30)17-7-10-26(6)24-17)14-22(19)8-11-27(12-9-22)21(31)25(4)5/h7,10,15H,8-9,11-14H2,1-6H3. The van der Waals surface area contributed by atoms with Crippen LogP contribution in [0, 0.1) is 6.92 Å². The lowest BCUT2D eigenvalue weighted by Gasteiger charge is -2.47. The summed E-state index contributed by atoms with van der Waals surface area (Å²) in [6.45, 7) is 8.81. The quantitative estimate of drug-likeness (QED) is 0.736. The monoisotopic (exact) mass is 427 g/mol. The van der Waals surface area contributed by atoms with Gasteiger partial charge in [0.1, 0.15) is 11.5 Å². The van der Waals surface area contributed by atoms with Crippen LogP contribution in [-0.2, 0) is 19.0 Å². The van der Waals surface area contributed by atoms with Crippen molar-refractivity contribution in [3.63, 3.8) is 0 Å². The lowest BCUT2D eigenvalue weighted by Crippen LogP contribution is -2.55. The first-order chi connectivity index (χ1) is 14.6. The number of piperidine rings is 1. The number of imidazole rings is 1. The molecule has 2 aliphatic rings. The first kappa shape index (κ1) is 21.4. The molecule has 9 heteroatoms. The minimum absolute atomic E-state index is 0.0381. The van der Waals surface area contributed by atoms with E-state index < -0.39 is 0 Å². The lowest BCUT2D eigenvalue weighted by atomic mass is 9.72. The number of carbonyl (C=O) groups is 2. The Bertz CT molecular complexity index is 996. The van der Waals surface area contributed by atoms with E-state index in [4.69, 9.17) is 4.98 Å². The fraction of sp³-hybridized carbons (Fsp3) is 0.636. The molecule has 0 unspecified atom stereocenters. The average Bonchev–Trinajstić information content (AvgIpc) is 3.30. The summed E-state index contributed by atoms with van der Waals surface area (Å²) < 4.78 is 3.92. The molecule has 0 radical (unpaired) electrons. The summed E-state index contributed by atoms with van der Waals surface area (Å²) in [6.07, 6.45) is 3.38. The molecule has 0 saturated carbocycles. The maximum absolute atomic E-state index is 13.3. The number of likely N-dealkylation sites (tertiary alicyclic amines) is 1. The average molecular weight is 428 g/mol. The number of carbonyl (C=O) groups excluding carboxylic acids is 2. The zero-order valence-electron chi connectivity index (χ0n) is 19.4. The van der Waals surface area contributed by atoms with Crippen molar-refractivity contribution >= 4 is 11.9 Å². The highest BCUT2D eigenvalue weighted by atomic mass is 16.2. The summed E-state index contributed by atoms with van der Waals surface area (Å²) in [4.78, 5) is 36.3. The zero-order chi connectivity index (χ0) is 22.5. The highest BCUT2D eigenvalue weighted by Gasteiger charge is 2.47. The van der Waals surface area contributed by atoms with E-state index in [-0.39, 0.29) is 23.4 Å². The van der Waals surface area contributed by atoms with E-state index in [2.05, 4.69) is 23.5 Å². The summed E-state index contributed by atoms with van der Waals surface area (Å²) in [6, 6.07) is 2.07. The number of nitrogens with zero attached hydrogens (tertiary/aromatic N) is 7. The van der Waals surface area contributed by atoms with E-state index in [9.17, 15) is 9.59 Å². The molecule has 168 valence electrons. The molecule has 0 bridgehead atoms. The van der Waals surface area contributed by atoms with Crippen LogP contribution in [0.2, 0.25) is 0 Å². The second-order valence-electron chi connectivity index (χ2n) is 9.40. The Hall–Kier alpha value is -2.84. The smallest absolute Gasteiger partial charge is 0.319 e. The third kappa shape index (κ3) is 3.59. The Balaban J connectivity index is 1.71. The van der Waals surface area contributed by atoms with Crippen LogP contribution in [-0.4, -0.2) is 79.7 Å². The normalized spacial score (nSPS) is 17.9. The van der Waals surface area contributed by atoms with Crippen molar-refractivity contribution in [1.82, 2.24) is 34.0 Å². The summed E-state index contributed by atoms with van der Waals surface area (Å²) >= 11 is 0. The summed E-state index contributed by atoms with van der Waals surface area (Å²) in [5.74, 6) is 0.935. The highest BCUT2D eigenvalue weighted by Crippen LogP contribution is 2.42. The molecule has 1 saturated heterocycles. The Morgan fingerprint density at radius 3 is 2.39 bits per heavy atom. The van der Waals surface area contributed by atoms with Gasteiger partial charge in [0.05, 0.1) is 17.9 Å². The van der Waals surface area contributed by atoms with E-state index in [0.717, 1.165) is 30.1 Å². The van der Waals surface area contributed by atoms with Gasteiger partial charge in [-0.25, -0.2) is 9.78 Å². The van der Waals surface area contributed by atoms with Gasteiger partial charge in [-0.2, -0.15) is 5.10 Å². The van der Waals surface area contributed by atoms with Crippen molar-refractivity contribution in [3.8, 4) is 0 Å². The molecular formula is C22H33N7O2. The number of hydrogen-bond acceptors (Lipinski definition) is 4. The maximum atomic E-state index is 13.3. The van der Waals surface area contributed by atoms with E-state index in [1.54, 1.807) is 35.9 Å². The number of fused-ring (bicyclic) bond motifs is 2. The molecule has 0 N–H and O–H groups in total. The van der Waals surface area contributed by atoms with Crippen LogP contribution < -0.4 is 0 Å². The highest BCUT2D eigenvalue weighted by molar-refractivity contribution is 5.92. The van der Waals surface area contributed by atoms with Crippen LogP contribution in [0.15, 0.2) is 12.3 Å². The fourth-order valence-electron chi connectivity index (χ4n) is 5.17. The van der Waals surface area contributed by atoms with Crippen molar-refractivity contribution in [3.05, 3.63) is 35.2 Å². The minimum atomic E-state index is -0.244. The zero-order valence-corrected chi connectivity index (χ0v) is 19.4. The number of hydrogen-bond donors (Lipinski definition) is 0. The molecule has 0 atom stereocenters. The molecule has 9 nitrogen and oxygen atoms in total. The van der Waals surface area contributed by atoms with Crippen molar-refractivity contribution in [2.75, 3.05) is 33.7 Å². The Kier molecular flexibility index (Phi) is 5.31. The topological polar surface area (TPSA) is 79.5 Å². The van der Waals surface area contributed by atoms with Gasteiger partial charge in [-0.05, 0) is 39.7 Å². The van der Waals surface area contributed by atoms with Crippen molar-refractivity contribution in [1.29, 1.82) is 0 Å². The molecule has 1 spiro atoms. The Morgan fingerprint density at radius 1 is 1.16 bits per heavy atom. The van der Waals surface area contributed by atoms with E-state index >= 15 is 0 Å². The molecule has 4 heterocycles. The molecule has 31 heavy (non-hydrogen) atoms. The number of urea groups is 1. The fourth-order valence-corrected chi connectivity index (χ4v) is 5.17. The van der Waals surface area contributed by atoms with Gasteiger partial charge in [0.2, 0.25) is 0 Å². The third-order valence-corrected chi connectivity index (χ3v) is 6.63. The SMILES string of the molecule is Cc1nc2c(n1C(C)C)CN(C(=O)c1ccn(C)n1)CC21CCN(C(=O)N(C)C)CC1. The van der Waals surface area contributed by atoms with E-state index in [1.807, 2.05) is 23.8 Å². The number of aromatic nitrogens is 4. The van der Waals surface area contributed by atoms with Crippen molar-refractivity contribution < 1.29 is 9.59 Å². The van der Waals surface area contributed by atoms with Crippen LogP contribution in [0.1, 0.15) is 60.4 Å². The molecule has 3 amide bonds. The van der Waals surface area contributed by atoms with Gasteiger partial charge < -0.3 is 19.3 Å². The molecule has 1 fully saturated rings. The summed E-state index contributed by atoms with van der Waals surface area (Å²) in [5.41, 5.74) is 2.45. The molecule has 2 aromatic rings. The molecule has 2 aromatic heterocycles. The summed E-state index contributed by atoms with van der Waals surface area (Å²) in [5, 5.41) is 4.34. The van der Waals surface area contributed by atoms with Gasteiger partial charge in [-0.1, -0.05) is 0 Å². The Labute approximate surface area is 183 Å². The van der Waals surface area contributed by atoms with Crippen LogP contribution in [0.25, 0.3) is 0 Å². The van der Waals surface area contributed by atoms with Crippen LogP contribution in [0.4, 0.5) is 4.79 Å². The van der Waals surface area contributed by atoms with Gasteiger partial charge in [-0.15, -0.1) is 0 Å². The third-order valence-electron chi connectivity index (χ3n) is 6.63. The van der Waals surface area contributed by atoms with Gasteiger partial charge in [0.15, 0.2) is 0 Å². The number of rotatable bonds is 2. The number of amides is 3. The first-order valence-electron chi connectivity index (χ1n) is 11.0. The van der Waals surface area contributed by atoms with E-state index in [1.165, 1.54) is 0 Å². The second-order valence-corrected chi connectivity index (χ2v) is 9.40. The van der Waals surface area contributed by atoms with Gasteiger partial charge in [-0.3, -0.25) is 9.48 Å². The molecule has 4 rings (SSSR count). The maximum Gasteiger partial charge on any atom is 0.319 e. The predicted molar refractivity (Wildman–Crippen MR) is 117 cm³/mol. The van der Waals surface area contributed by atoms with Crippen LogP contribution >= 0.6 is 0 Å². The van der Waals surface area contributed by atoms with Gasteiger partial charge in [0.25, 0.3) is 5.91 Å². The largest absolute Gasteiger partial charge is 0.331 e. The molecule has 0 aliphatic carbocycles. The van der Waals surface area contributed by atoms with Gasteiger partial charge in [0, 0.05) is 58.4 Å². The van der Waals surface area contributed by atoms with Crippen LogP contribution in [0.5, 0.6) is 0 Å². The minimum Gasteiger partial charge on any atom is -0.331 e.